The molecule has 7 heteroatoms. The predicted molar refractivity (Wildman–Crippen MR) is 69.1 cm³/mol. The van der Waals surface area contributed by atoms with Crippen molar-refractivity contribution >= 4 is 17.7 Å². The van der Waals surface area contributed by atoms with Crippen LogP contribution in [0.3, 0.4) is 0 Å². The van der Waals surface area contributed by atoms with Crippen molar-refractivity contribution in [2.24, 2.45) is 10.9 Å². The number of rotatable bonds is 3. The summed E-state index contributed by atoms with van der Waals surface area (Å²) in [5.41, 5.74) is -0.676. The summed E-state index contributed by atoms with van der Waals surface area (Å²) in [5, 5.41) is 11.7. The number of carboxylic acids is 1. The van der Waals surface area contributed by atoms with Gasteiger partial charge in [-0.15, -0.1) is 0 Å². The molecule has 1 aromatic rings. The molecule has 1 amide bonds. The molecule has 1 aliphatic heterocycles. The molecule has 6 nitrogen and oxygen atoms in total. The smallest absolute Gasteiger partial charge is 0.478 e. The van der Waals surface area contributed by atoms with E-state index in [1.165, 1.54) is 18.3 Å². The number of carbonyl (C=O) groups is 2. The van der Waals surface area contributed by atoms with Gasteiger partial charge in [0, 0.05) is 6.20 Å². The van der Waals surface area contributed by atoms with Crippen LogP contribution < -0.4 is 34.9 Å². The first kappa shape index (κ1) is 16.8. The maximum absolute atomic E-state index is 12.0. The van der Waals surface area contributed by atoms with Crippen molar-refractivity contribution < 1.29 is 44.3 Å². The second-order valence-corrected chi connectivity index (χ2v) is 4.92. The Morgan fingerprint density at radius 2 is 2.10 bits per heavy atom. The van der Waals surface area contributed by atoms with Gasteiger partial charge in [-0.1, -0.05) is 13.8 Å². The summed E-state index contributed by atoms with van der Waals surface area (Å²) in [6, 6.07) is 2.97. The van der Waals surface area contributed by atoms with Gasteiger partial charge in [0.15, 0.2) is 5.84 Å². The number of hydrogen-bond donors (Lipinski definition) is 2. The second kappa shape index (κ2) is 6.03. The van der Waals surface area contributed by atoms with Crippen LogP contribution in [0, 0.1) is 5.92 Å². The molecule has 1 atom stereocenters. The molecule has 1 aromatic heterocycles. The number of carboxylic acid groups (broad SMARTS) is 1. The van der Waals surface area contributed by atoms with E-state index in [-0.39, 0.29) is 58.5 Å². The molecule has 1 unspecified atom stereocenters. The van der Waals surface area contributed by atoms with E-state index >= 15 is 0 Å². The van der Waals surface area contributed by atoms with Gasteiger partial charge < -0.3 is 10.4 Å². The molecule has 100 valence electrons. The van der Waals surface area contributed by atoms with Crippen molar-refractivity contribution in [1.29, 1.82) is 0 Å². The predicted octanol–water partition coefficient (Wildman–Crippen LogP) is -1.93. The van der Waals surface area contributed by atoms with E-state index in [1.54, 1.807) is 6.92 Å². The third-order valence-electron chi connectivity index (χ3n) is 3.42. The number of nitrogens with zero attached hydrogens (tertiary/aromatic N) is 2. The minimum Gasteiger partial charge on any atom is -0.478 e. The van der Waals surface area contributed by atoms with E-state index in [0.29, 0.717) is 0 Å². The Morgan fingerprint density at radius 3 is 2.60 bits per heavy atom. The molecule has 1 aliphatic rings. The summed E-state index contributed by atoms with van der Waals surface area (Å²) in [6.45, 7) is 5.51. The van der Waals surface area contributed by atoms with Gasteiger partial charge in [-0.2, -0.15) is 0 Å². The van der Waals surface area contributed by atoms with Crippen LogP contribution in [0.4, 0.5) is 0 Å². The Hall–Kier alpha value is -1.24. The van der Waals surface area contributed by atoms with Gasteiger partial charge in [0.05, 0.1) is 5.56 Å². The van der Waals surface area contributed by atoms with E-state index in [9.17, 15) is 9.59 Å². The number of pyridine rings is 1. The summed E-state index contributed by atoms with van der Waals surface area (Å²) in [4.78, 5) is 31.5. The molecule has 0 aliphatic carbocycles. The molecule has 0 spiro atoms. The first-order chi connectivity index (χ1) is 8.86. The van der Waals surface area contributed by atoms with Crippen LogP contribution in [0.1, 0.15) is 36.8 Å². The van der Waals surface area contributed by atoms with Gasteiger partial charge in [-0.25, -0.2) is 9.79 Å². The van der Waals surface area contributed by atoms with Crippen molar-refractivity contribution in [1.82, 2.24) is 10.3 Å². The summed E-state index contributed by atoms with van der Waals surface area (Å²) < 4.78 is 0. The quantitative estimate of drug-likeness (QED) is 0.633. The molecule has 2 N–H and O–H groups in total. The number of amidine groups is 1. The third-order valence-corrected chi connectivity index (χ3v) is 3.42. The molecule has 2 rings (SSSR count). The van der Waals surface area contributed by atoms with E-state index in [1.807, 2.05) is 13.8 Å². The van der Waals surface area contributed by atoms with Crippen molar-refractivity contribution in [3.05, 3.63) is 29.6 Å². The SMILES string of the molecule is CC(C)C1(C)N=C(c2ncccc2C(=O)O)NC1=O.[Na+]. The normalized spacial score (nSPS) is 21.2. The Morgan fingerprint density at radius 1 is 1.45 bits per heavy atom. The van der Waals surface area contributed by atoms with E-state index in [2.05, 4.69) is 15.3 Å². The summed E-state index contributed by atoms with van der Waals surface area (Å²) in [7, 11) is 0. The Labute approximate surface area is 139 Å². The molecule has 0 radical (unpaired) electrons. The minimum atomic E-state index is -1.10. The number of carbonyl (C=O) groups excluding carboxylic acids is 1. The number of aliphatic imine (C=N–C) groups is 1. The number of aromatic nitrogens is 1. The summed E-state index contributed by atoms with van der Waals surface area (Å²) in [6.07, 6.45) is 1.47. The van der Waals surface area contributed by atoms with Crippen molar-refractivity contribution in [2.75, 3.05) is 0 Å². The number of aromatic carboxylic acids is 1. The molecule has 0 bridgehead atoms. The number of hydrogen-bond acceptors (Lipinski definition) is 4. The second-order valence-electron chi connectivity index (χ2n) is 4.92. The van der Waals surface area contributed by atoms with Crippen molar-refractivity contribution in [2.45, 2.75) is 26.3 Å². The maximum atomic E-state index is 12.0. The van der Waals surface area contributed by atoms with Crippen LogP contribution in [-0.4, -0.2) is 33.3 Å². The molecule has 20 heavy (non-hydrogen) atoms. The minimum absolute atomic E-state index is 0. The van der Waals surface area contributed by atoms with Crippen molar-refractivity contribution in [3.63, 3.8) is 0 Å². The fourth-order valence-electron chi connectivity index (χ4n) is 1.82. The molecule has 0 saturated carbocycles. The monoisotopic (exact) mass is 284 g/mol. The van der Waals surface area contributed by atoms with E-state index < -0.39 is 11.5 Å². The molecule has 0 aromatic carbocycles. The summed E-state index contributed by atoms with van der Waals surface area (Å²) >= 11 is 0. The van der Waals surface area contributed by atoms with E-state index in [4.69, 9.17) is 5.11 Å². The van der Waals surface area contributed by atoms with Gasteiger partial charge in [-0.3, -0.25) is 9.78 Å². The largest absolute Gasteiger partial charge is 1.00 e. The zero-order chi connectivity index (χ0) is 14.2. The third kappa shape index (κ3) is 2.77. The molecule has 2 heterocycles. The zero-order valence-corrected chi connectivity index (χ0v) is 14.0. The van der Waals surface area contributed by atoms with Crippen LogP contribution in [0.5, 0.6) is 0 Å². The average Bonchev–Trinajstić information content (AvgIpc) is 2.67. The van der Waals surface area contributed by atoms with Gasteiger partial charge >= 0.3 is 35.5 Å². The average molecular weight is 284 g/mol. The van der Waals surface area contributed by atoms with Crippen LogP contribution >= 0.6 is 0 Å². The first-order valence-corrected chi connectivity index (χ1v) is 5.96. The van der Waals surface area contributed by atoms with Gasteiger partial charge in [0.25, 0.3) is 5.91 Å². The maximum Gasteiger partial charge on any atom is 1.00 e. The van der Waals surface area contributed by atoms with Gasteiger partial charge in [-0.05, 0) is 25.0 Å². The van der Waals surface area contributed by atoms with Crippen LogP contribution in [0.15, 0.2) is 23.3 Å². The Bertz CT molecular complexity index is 586. The Kier molecular flexibility index (Phi) is 5.07. The topological polar surface area (TPSA) is 91.7 Å². The molecule has 0 fully saturated rings. The summed E-state index contributed by atoms with van der Waals surface area (Å²) in [5.74, 6) is -1.11. The van der Waals surface area contributed by atoms with Crippen LogP contribution in [-0.2, 0) is 4.79 Å². The number of amides is 1. The molecular formula is C13H15N3NaO3+. The van der Waals surface area contributed by atoms with Gasteiger partial charge in [0.2, 0.25) is 0 Å². The zero-order valence-electron chi connectivity index (χ0n) is 12.0. The molecular weight excluding hydrogens is 269 g/mol. The first-order valence-electron chi connectivity index (χ1n) is 5.96. The van der Waals surface area contributed by atoms with Crippen LogP contribution in [0.2, 0.25) is 0 Å². The van der Waals surface area contributed by atoms with E-state index in [0.717, 1.165) is 0 Å². The van der Waals surface area contributed by atoms with Gasteiger partial charge in [0.1, 0.15) is 11.2 Å². The fourth-order valence-corrected chi connectivity index (χ4v) is 1.82. The van der Waals surface area contributed by atoms with Crippen molar-refractivity contribution in [3.8, 4) is 0 Å². The Balaban J connectivity index is 0.00000200. The number of nitrogens with one attached hydrogen (secondary N) is 1. The van der Waals surface area contributed by atoms with Crippen LogP contribution in [0.25, 0.3) is 0 Å². The molecule has 0 saturated heterocycles. The standard InChI is InChI=1S/C13H15N3O3.Na/c1-7(2)13(3)12(19)15-10(16-13)9-8(11(17)18)5-4-6-14-9;/h4-7H,1-3H3,(H,17,18)(H,15,16,19);/q;+1. The fraction of sp³-hybridized carbons (Fsp3) is 0.385.